The minimum atomic E-state index is -0.296. The van der Waals surface area contributed by atoms with Gasteiger partial charge in [0.15, 0.2) is 5.69 Å². The van der Waals surface area contributed by atoms with E-state index in [-0.39, 0.29) is 23.7 Å². The van der Waals surface area contributed by atoms with Crippen LogP contribution in [0.25, 0.3) is 0 Å². The molecule has 1 N–H and O–H groups in total. The third kappa shape index (κ3) is 3.86. The molecule has 2 aliphatic rings. The zero-order valence-electron chi connectivity index (χ0n) is 15.2. The molecule has 2 heterocycles. The van der Waals surface area contributed by atoms with Crippen LogP contribution in [0.2, 0.25) is 0 Å². The molecule has 0 spiro atoms. The van der Waals surface area contributed by atoms with Gasteiger partial charge >= 0.3 is 0 Å². The molecule has 0 bridgehead atoms. The number of amides is 2. The summed E-state index contributed by atoms with van der Waals surface area (Å²) in [6.07, 6.45) is 5.51. The van der Waals surface area contributed by atoms with Gasteiger partial charge in [-0.15, -0.1) is 0 Å². The summed E-state index contributed by atoms with van der Waals surface area (Å²) in [5.74, 6) is -0.660. The normalized spacial score (nSPS) is 17.7. The second kappa shape index (κ2) is 7.50. The van der Waals surface area contributed by atoms with Gasteiger partial charge in [-0.2, -0.15) is 5.10 Å². The van der Waals surface area contributed by atoms with Crippen LogP contribution in [-0.4, -0.2) is 39.1 Å². The molecule has 0 atom stereocenters. The number of rotatable bonds is 4. The Bertz CT molecular complexity index is 840. The molecule has 2 amide bonds. The van der Waals surface area contributed by atoms with Crippen molar-refractivity contribution < 1.29 is 14.0 Å². The third-order valence-corrected chi connectivity index (χ3v) is 5.33. The van der Waals surface area contributed by atoms with Crippen LogP contribution >= 0.6 is 0 Å². The smallest absolute Gasteiger partial charge is 0.272 e. The van der Waals surface area contributed by atoms with E-state index in [9.17, 15) is 14.0 Å². The number of aromatic nitrogens is 2. The Kier molecular flexibility index (Phi) is 4.92. The molecule has 1 aliphatic heterocycles. The number of nitrogens with one attached hydrogen (secondary N) is 1. The minimum Gasteiger partial charge on any atom is -0.348 e. The van der Waals surface area contributed by atoms with E-state index < -0.39 is 0 Å². The molecule has 0 unspecified atom stereocenters. The summed E-state index contributed by atoms with van der Waals surface area (Å²) < 4.78 is 14.7. The fraction of sp³-hybridized carbons (Fsp3) is 0.450. The predicted molar refractivity (Wildman–Crippen MR) is 97.7 cm³/mol. The first-order valence-corrected chi connectivity index (χ1v) is 9.52. The molecule has 0 saturated heterocycles. The maximum atomic E-state index is 13.1. The van der Waals surface area contributed by atoms with Crippen LogP contribution in [0.5, 0.6) is 0 Å². The van der Waals surface area contributed by atoms with Gasteiger partial charge in [-0.05, 0) is 30.5 Å². The summed E-state index contributed by atoms with van der Waals surface area (Å²) in [7, 11) is 0. The van der Waals surface area contributed by atoms with Crippen molar-refractivity contribution in [1.82, 2.24) is 20.0 Å². The largest absolute Gasteiger partial charge is 0.348 e. The van der Waals surface area contributed by atoms with E-state index in [1.807, 2.05) is 0 Å². The van der Waals surface area contributed by atoms with Gasteiger partial charge in [-0.25, -0.2) is 4.39 Å². The van der Waals surface area contributed by atoms with Crippen molar-refractivity contribution in [3.05, 3.63) is 53.1 Å². The lowest BCUT2D eigenvalue weighted by atomic mass is 9.95. The predicted octanol–water partition coefficient (Wildman–Crippen LogP) is 2.74. The molecular formula is C20H23FN4O2. The van der Waals surface area contributed by atoms with Crippen molar-refractivity contribution in [3.8, 4) is 0 Å². The van der Waals surface area contributed by atoms with Crippen molar-refractivity contribution >= 4 is 11.8 Å². The number of hydrogen-bond acceptors (Lipinski definition) is 3. The Balaban J connectivity index is 1.44. The molecule has 2 aromatic rings. The first kappa shape index (κ1) is 17.7. The quantitative estimate of drug-likeness (QED) is 0.900. The number of hydrogen-bond donors (Lipinski definition) is 1. The van der Waals surface area contributed by atoms with Gasteiger partial charge in [-0.1, -0.05) is 31.4 Å². The summed E-state index contributed by atoms with van der Waals surface area (Å²) >= 11 is 0. The average Bonchev–Trinajstić information content (AvgIpc) is 3.12. The zero-order chi connectivity index (χ0) is 18.8. The summed E-state index contributed by atoms with van der Waals surface area (Å²) in [6, 6.07) is 7.92. The molecular weight excluding hydrogens is 347 g/mol. The van der Waals surface area contributed by atoms with Gasteiger partial charge in [0, 0.05) is 25.2 Å². The molecule has 1 saturated carbocycles. The lowest BCUT2D eigenvalue weighted by Gasteiger charge is -2.27. The van der Waals surface area contributed by atoms with Crippen molar-refractivity contribution in [2.45, 2.75) is 51.2 Å². The van der Waals surface area contributed by atoms with E-state index in [0.29, 0.717) is 31.0 Å². The zero-order valence-corrected chi connectivity index (χ0v) is 15.2. The number of halogens is 1. The van der Waals surface area contributed by atoms with Crippen LogP contribution in [0.15, 0.2) is 30.3 Å². The van der Waals surface area contributed by atoms with Crippen LogP contribution in [-0.2, 0) is 13.1 Å². The van der Waals surface area contributed by atoms with Gasteiger partial charge < -0.3 is 10.2 Å². The third-order valence-electron chi connectivity index (χ3n) is 5.33. The highest BCUT2D eigenvalue weighted by Gasteiger charge is 2.28. The van der Waals surface area contributed by atoms with Gasteiger partial charge in [0.2, 0.25) is 0 Å². The Labute approximate surface area is 157 Å². The van der Waals surface area contributed by atoms with Crippen molar-refractivity contribution in [2.75, 3.05) is 6.54 Å². The number of carbonyl (C=O) groups excluding carboxylic acids is 2. The summed E-state index contributed by atoms with van der Waals surface area (Å²) in [5, 5.41) is 7.37. The Morgan fingerprint density at radius 1 is 1.15 bits per heavy atom. The van der Waals surface area contributed by atoms with Crippen LogP contribution in [0.3, 0.4) is 0 Å². The highest BCUT2D eigenvalue weighted by Crippen LogP contribution is 2.19. The number of benzene rings is 1. The SMILES string of the molecule is O=C(NC1CCCCC1)c1cc2n(n1)CCN(Cc1ccc(F)cc1)C2=O. The first-order valence-electron chi connectivity index (χ1n) is 9.52. The van der Waals surface area contributed by atoms with Crippen LogP contribution in [0.4, 0.5) is 4.39 Å². The maximum Gasteiger partial charge on any atom is 0.272 e. The molecule has 27 heavy (non-hydrogen) atoms. The second-order valence-corrected chi connectivity index (χ2v) is 7.30. The Hall–Kier alpha value is -2.70. The average molecular weight is 370 g/mol. The molecule has 1 aromatic carbocycles. The second-order valence-electron chi connectivity index (χ2n) is 7.30. The lowest BCUT2D eigenvalue weighted by molar-refractivity contribution is 0.0683. The Morgan fingerprint density at radius 3 is 2.63 bits per heavy atom. The summed E-state index contributed by atoms with van der Waals surface area (Å²) in [5.41, 5.74) is 1.60. The van der Waals surface area contributed by atoms with E-state index in [0.717, 1.165) is 31.2 Å². The van der Waals surface area contributed by atoms with Gasteiger partial charge in [0.05, 0.1) is 6.54 Å². The molecule has 1 aromatic heterocycles. The van der Waals surface area contributed by atoms with Crippen LogP contribution < -0.4 is 5.32 Å². The molecule has 0 radical (unpaired) electrons. The van der Waals surface area contributed by atoms with Gasteiger partial charge in [0.25, 0.3) is 11.8 Å². The minimum absolute atomic E-state index is 0.158. The van der Waals surface area contributed by atoms with Crippen molar-refractivity contribution in [1.29, 1.82) is 0 Å². The fourth-order valence-corrected chi connectivity index (χ4v) is 3.82. The molecule has 6 nitrogen and oxygen atoms in total. The molecule has 4 rings (SSSR count). The number of fused-ring (bicyclic) bond motifs is 1. The maximum absolute atomic E-state index is 13.1. The van der Waals surface area contributed by atoms with Crippen molar-refractivity contribution in [3.63, 3.8) is 0 Å². The number of nitrogens with zero attached hydrogens (tertiary/aromatic N) is 3. The van der Waals surface area contributed by atoms with E-state index >= 15 is 0 Å². The molecule has 142 valence electrons. The van der Waals surface area contributed by atoms with E-state index in [1.54, 1.807) is 27.8 Å². The summed E-state index contributed by atoms with van der Waals surface area (Å²) in [6.45, 7) is 1.46. The van der Waals surface area contributed by atoms with Gasteiger partial charge in [-0.3, -0.25) is 14.3 Å². The number of carbonyl (C=O) groups is 2. The Morgan fingerprint density at radius 2 is 1.89 bits per heavy atom. The molecule has 7 heteroatoms. The monoisotopic (exact) mass is 370 g/mol. The highest BCUT2D eigenvalue weighted by molar-refractivity contribution is 5.98. The van der Waals surface area contributed by atoms with Crippen molar-refractivity contribution in [2.24, 2.45) is 0 Å². The standard InChI is InChI=1S/C20H23FN4O2/c21-15-8-6-14(7-9-15)13-24-10-11-25-18(20(24)27)12-17(23-25)19(26)22-16-4-2-1-3-5-16/h6-9,12,16H,1-5,10-11,13H2,(H,22,26). The van der Waals surface area contributed by atoms with Gasteiger partial charge in [0.1, 0.15) is 11.5 Å². The molecule has 1 aliphatic carbocycles. The first-order chi connectivity index (χ1) is 13.1. The summed E-state index contributed by atoms with van der Waals surface area (Å²) in [4.78, 5) is 27.0. The lowest BCUT2D eigenvalue weighted by Crippen LogP contribution is -2.39. The van der Waals surface area contributed by atoms with Crippen LogP contribution in [0.1, 0.15) is 58.6 Å². The fourth-order valence-electron chi connectivity index (χ4n) is 3.82. The van der Waals surface area contributed by atoms with E-state index in [2.05, 4.69) is 10.4 Å². The van der Waals surface area contributed by atoms with Crippen LogP contribution in [0, 0.1) is 5.82 Å². The van der Waals surface area contributed by atoms with E-state index in [4.69, 9.17) is 0 Å². The highest BCUT2D eigenvalue weighted by atomic mass is 19.1. The molecule has 1 fully saturated rings. The topological polar surface area (TPSA) is 67.2 Å². The van der Waals surface area contributed by atoms with E-state index in [1.165, 1.54) is 18.6 Å².